The topological polar surface area (TPSA) is 66.0 Å². The molecule has 0 saturated carbocycles. The first-order valence-corrected chi connectivity index (χ1v) is 7.23. The number of ether oxygens (including phenoxy) is 1. The molecule has 0 saturated heterocycles. The molecule has 2 rings (SSSR count). The van der Waals surface area contributed by atoms with Crippen molar-refractivity contribution < 1.29 is 4.74 Å². The summed E-state index contributed by atoms with van der Waals surface area (Å²) < 4.78 is 7.70. The summed E-state index contributed by atoms with van der Waals surface area (Å²) in [6.45, 7) is 10.3. The quantitative estimate of drug-likeness (QED) is 0.917. The molecule has 114 valence electrons. The summed E-state index contributed by atoms with van der Waals surface area (Å²) in [4.78, 5) is 0. The van der Waals surface area contributed by atoms with Crippen molar-refractivity contribution in [2.24, 2.45) is 5.73 Å². The van der Waals surface area contributed by atoms with Crippen LogP contribution < -0.4 is 10.5 Å². The van der Waals surface area contributed by atoms with Crippen molar-refractivity contribution in [3.63, 3.8) is 0 Å². The number of rotatable bonds is 5. The molecule has 0 amide bonds. The van der Waals surface area contributed by atoms with Gasteiger partial charge in [-0.15, -0.1) is 5.10 Å². The Balaban J connectivity index is 2.03. The standard InChI is InChI=1S/C16H24N4O/c1-12-5-6-15(14(9-12)16(2,3)4)21-8-7-20-11-13(10-17)18-19-20/h5-6,9,11H,7-8,10,17H2,1-4H3. The predicted molar refractivity (Wildman–Crippen MR) is 83.3 cm³/mol. The highest BCUT2D eigenvalue weighted by atomic mass is 16.5. The first-order valence-electron chi connectivity index (χ1n) is 7.23. The van der Waals surface area contributed by atoms with Crippen LogP contribution in [-0.4, -0.2) is 21.6 Å². The summed E-state index contributed by atoms with van der Waals surface area (Å²) in [5, 5.41) is 7.97. The fourth-order valence-electron chi connectivity index (χ4n) is 2.15. The molecule has 2 N–H and O–H groups in total. The number of hydrogen-bond acceptors (Lipinski definition) is 4. The summed E-state index contributed by atoms with van der Waals surface area (Å²) in [7, 11) is 0. The maximum atomic E-state index is 5.95. The molecule has 0 aliphatic heterocycles. The fraction of sp³-hybridized carbons (Fsp3) is 0.500. The predicted octanol–water partition coefficient (Wildman–Crippen LogP) is 2.42. The molecule has 5 nitrogen and oxygen atoms in total. The number of hydrogen-bond donors (Lipinski definition) is 1. The van der Waals surface area contributed by atoms with Gasteiger partial charge in [0, 0.05) is 12.7 Å². The van der Waals surface area contributed by atoms with Crippen molar-refractivity contribution in [1.29, 1.82) is 0 Å². The van der Waals surface area contributed by atoms with E-state index >= 15 is 0 Å². The van der Waals surface area contributed by atoms with E-state index in [1.807, 2.05) is 12.3 Å². The van der Waals surface area contributed by atoms with Gasteiger partial charge in [0.1, 0.15) is 12.4 Å². The Morgan fingerprint density at radius 2 is 2.05 bits per heavy atom. The van der Waals surface area contributed by atoms with Crippen molar-refractivity contribution in [1.82, 2.24) is 15.0 Å². The molecule has 0 radical (unpaired) electrons. The van der Waals surface area contributed by atoms with Crippen LogP contribution >= 0.6 is 0 Å². The Morgan fingerprint density at radius 1 is 1.29 bits per heavy atom. The third kappa shape index (κ3) is 4.04. The van der Waals surface area contributed by atoms with Gasteiger partial charge in [-0.3, -0.25) is 0 Å². The maximum absolute atomic E-state index is 5.95. The molecule has 1 heterocycles. The second kappa shape index (κ2) is 6.26. The summed E-state index contributed by atoms with van der Waals surface area (Å²) in [5.41, 5.74) is 8.84. The van der Waals surface area contributed by atoms with Crippen molar-refractivity contribution in [3.8, 4) is 5.75 Å². The molecule has 0 atom stereocenters. The van der Waals surface area contributed by atoms with Gasteiger partial charge in [-0.1, -0.05) is 43.7 Å². The first kappa shape index (κ1) is 15.5. The average Bonchev–Trinajstić information content (AvgIpc) is 2.87. The van der Waals surface area contributed by atoms with Gasteiger partial charge in [-0.2, -0.15) is 0 Å². The van der Waals surface area contributed by atoms with Gasteiger partial charge in [-0.05, 0) is 24.0 Å². The number of nitrogens with zero attached hydrogens (tertiary/aromatic N) is 3. The molecule has 1 aromatic carbocycles. The first-order chi connectivity index (χ1) is 9.90. The summed E-state index contributed by atoms with van der Waals surface area (Å²) in [6.07, 6.45) is 1.85. The van der Waals surface area contributed by atoms with E-state index < -0.39 is 0 Å². The van der Waals surface area contributed by atoms with Crippen molar-refractivity contribution in [2.45, 2.75) is 46.2 Å². The second-order valence-electron chi connectivity index (χ2n) is 6.28. The highest BCUT2D eigenvalue weighted by molar-refractivity contribution is 5.41. The van der Waals surface area contributed by atoms with Crippen LogP contribution in [0.4, 0.5) is 0 Å². The average molecular weight is 288 g/mol. The van der Waals surface area contributed by atoms with E-state index in [9.17, 15) is 0 Å². The van der Waals surface area contributed by atoms with Gasteiger partial charge >= 0.3 is 0 Å². The molecule has 2 aromatic rings. The van der Waals surface area contributed by atoms with E-state index in [2.05, 4.69) is 50.1 Å². The number of benzene rings is 1. The zero-order valence-electron chi connectivity index (χ0n) is 13.3. The van der Waals surface area contributed by atoms with Crippen molar-refractivity contribution in [3.05, 3.63) is 41.2 Å². The maximum Gasteiger partial charge on any atom is 0.123 e. The molecule has 0 fully saturated rings. The lowest BCUT2D eigenvalue weighted by molar-refractivity contribution is 0.283. The molecule has 1 aromatic heterocycles. The lowest BCUT2D eigenvalue weighted by Gasteiger charge is -2.23. The van der Waals surface area contributed by atoms with Gasteiger partial charge in [0.15, 0.2) is 0 Å². The molecule has 5 heteroatoms. The van der Waals surface area contributed by atoms with Gasteiger partial charge in [0.2, 0.25) is 0 Å². The van der Waals surface area contributed by atoms with E-state index in [1.165, 1.54) is 11.1 Å². The third-order valence-corrected chi connectivity index (χ3v) is 3.32. The zero-order chi connectivity index (χ0) is 15.5. The van der Waals surface area contributed by atoms with Gasteiger partial charge in [0.05, 0.1) is 12.2 Å². The Morgan fingerprint density at radius 3 is 2.67 bits per heavy atom. The van der Waals surface area contributed by atoms with Crippen molar-refractivity contribution >= 4 is 0 Å². The second-order valence-corrected chi connectivity index (χ2v) is 6.28. The molecule has 0 bridgehead atoms. The molecule has 0 aliphatic carbocycles. The van der Waals surface area contributed by atoms with Gasteiger partial charge in [0.25, 0.3) is 0 Å². The van der Waals surface area contributed by atoms with Crippen LogP contribution in [0.25, 0.3) is 0 Å². The van der Waals surface area contributed by atoms with Crippen LogP contribution in [0.1, 0.15) is 37.6 Å². The van der Waals surface area contributed by atoms with Crippen molar-refractivity contribution in [2.75, 3.05) is 6.61 Å². The normalized spacial score (nSPS) is 11.7. The highest BCUT2D eigenvalue weighted by Crippen LogP contribution is 2.32. The zero-order valence-corrected chi connectivity index (χ0v) is 13.3. The number of nitrogens with two attached hydrogens (primary N) is 1. The van der Waals surface area contributed by atoms with E-state index in [-0.39, 0.29) is 5.41 Å². The minimum absolute atomic E-state index is 0.0569. The third-order valence-electron chi connectivity index (χ3n) is 3.32. The van der Waals surface area contributed by atoms with Gasteiger partial charge < -0.3 is 10.5 Å². The highest BCUT2D eigenvalue weighted by Gasteiger charge is 2.19. The molecular weight excluding hydrogens is 264 g/mol. The SMILES string of the molecule is Cc1ccc(OCCn2cc(CN)nn2)c(C(C)(C)C)c1. The number of aryl methyl sites for hydroxylation is 1. The van der Waals surface area contributed by atoms with Crippen LogP contribution in [0, 0.1) is 6.92 Å². The van der Waals surface area contributed by atoms with E-state index in [1.54, 1.807) is 4.68 Å². The monoisotopic (exact) mass is 288 g/mol. The minimum atomic E-state index is 0.0569. The van der Waals surface area contributed by atoms with Crippen LogP contribution in [-0.2, 0) is 18.5 Å². The van der Waals surface area contributed by atoms with Crippen LogP contribution in [0.3, 0.4) is 0 Å². The summed E-state index contributed by atoms with van der Waals surface area (Å²) in [5.74, 6) is 0.937. The Bertz CT molecular complexity index is 599. The largest absolute Gasteiger partial charge is 0.491 e. The minimum Gasteiger partial charge on any atom is -0.491 e. The Labute approximate surface area is 126 Å². The smallest absolute Gasteiger partial charge is 0.123 e. The molecule has 0 spiro atoms. The molecular formula is C16H24N4O. The van der Waals surface area contributed by atoms with E-state index in [4.69, 9.17) is 10.5 Å². The van der Waals surface area contributed by atoms with Crippen LogP contribution in [0.15, 0.2) is 24.4 Å². The molecule has 0 unspecified atom stereocenters. The number of aromatic nitrogens is 3. The van der Waals surface area contributed by atoms with Crippen LogP contribution in [0.2, 0.25) is 0 Å². The molecule has 0 aliphatic rings. The Hall–Kier alpha value is -1.88. The summed E-state index contributed by atoms with van der Waals surface area (Å²) in [6, 6.07) is 6.31. The van der Waals surface area contributed by atoms with Gasteiger partial charge in [-0.25, -0.2) is 4.68 Å². The lowest BCUT2D eigenvalue weighted by Crippen LogP contribution is -2.16. The van der Waals surface area contributed by atoms with Crippen LogP contribution in [0.5, 0.6) is 5.75 Å². The lowest BCUT2D eigenvalue weighted by atomic mass is 9.85. The fourth-order valence-corrected chi connectivity index (χ4v) is 2.15. The molecule has 21 heavy (non-hydrogen) atoms. The van der Waals surface area contributed by atoms with E-state index in [0.29, 0.717) is 19.7 Å². The summed E-state index contributed by atoms with van der Waals surface area (Å²) >= 11 is 0. The van der Waals surface area contributed by atoms with E-state index in [0.717, 1.165) is 11.4 Å². The Kier molecular flexibility index (Phi) is 4.63.